The quantitative estimate of drug-likeness (QED) is 0.0320. The van der Waals surface area contributed by atoms with E-state index in [4.69, 9.17) is 4.74 Å². The molecule has 0 saturated heterocycles. The Hall–Kier alpha value is -1.92. The van der Waals surface area contributed by atoms with Crippen LogP contribution < -0.4 is 5.32 Å². The van der Waals surface area contributed by atoms with Gasteiger partial charge in [0.15, 0.2) is 0 Å². The van der Waals surface area contributed by atoms with Gasteiger partial charge < -0.3 is 20.3 Å². The molecular formula is C71H135NO5. The number of rotatable bonds is 65. The van der Waals surface area contributed by atoms with Gasteiger partial charge in [0.25, 0.3) is 0 Å². The Morgan fingerprint density at radius 2 is 0.649 bits per heavy atom. The third kappa shape index (κ3) is 63.1. The molecule has 0 radical (unpaired) electrons. The maximum Gasteiger partial charge on any atom is 0.305 e. The van der Waals surface area contributed by atoms with E-state index in [-0.39, 0.29) is 18.5 Å². The third-order valence-electron chi connectivity index (χ3n) is 16.2. The Labute approximate surface area is 481 Å². The summed E-state index contributed by atoms with van der Waals surface area (Å²) in [5.41, 5.74) is 0. The Balaban J connectivity index is 3.37. The van der Waals surface area contributed by atoms with Crippen molar-refractivity contribution >= 4 is 11.9 Å². The largest absolute Gasteiger partial charge is 0.466 e. The molecule has 1 amide bonds. The topological polar surface area (TPSA) is 95.9 Å². The number of amides is 1. The summed E-state index contributed by atoms with van der Waals surface area (Å²) < 4.78 is 5.51. The Kier molecular flexibility index (Phi) is 64.9. The molecule has 0 aliphatic rings. The molecule has 77 heavy (non-hydrogen) atoms. The number of hydrogen-bond donors (Lipinski definition) is 3. The zero-order chi connectivity index (χ0) is 55.7. The van der Waals surface area contributed by atoms with Crippen LogP contribution >= 0.6 is 0 Å². The standard InChI is InChI=1S/C71H135NO5/c1-3-5-7-9-11-13-15-17-19-21-29-33-37-41-45-49-53-57-61-65-71(76)77-66-62-58-54-50-46-42-38-34-31-28-26-24-22-23-25-27-30-32-36-40-44-48-52-56-60-64-70(75)72-68(67-73)69(74)63-59-55-51-47-43-39-35-20-18-16-14-12-10-8-6-4-2/h11,13,17,19,59,63,68-69,73-74H,3-10,12,14-16,18,20-58,60-62,64-67H2,1-2H3,(H,72,75)/b13-11-,19-17-,63-59+. The van der Waals surface area contributed by atoms with E-state index in [2.05, 4.69) is 43.5 Å². The van der Waals surface area contributed by atoms with Gasteiger partial charge in [0.05, 0.1) is 25.4 Å². The average Bonchev–Trinajstić information content (AvgIpc) is 3.43. The second-order valence-corrected chi connectivity index (χ2v) is 23.9. The highest BCUT2D eigenvalue weighted by molar-refractivity contribution is 5.76. The first-order valence-corrected chi connectivity index (χ1v) is 34.8. The summed E-state index contributed by atoms with van der Waals surface area (Å²) in [6.07, 6.45) is 85.0. The summed E-state index contributed by atoms with van der Waals surface area (Å²) in [6.45, 7) is 4.91. The van der Waals surface area contributed by atoms with Gasteiger partial charge >= 0.3 is 5.97 Å². The van der Waals surface area contributed by atoms with Gasteiger partial charge in [-0.2, -0.15) is 0 Å². The lowest BCUT2D eigenvalue weighted by Crippen LogP contribution is -2.45. The fourth-order valence-corrected chi connectivity index (χ4v) is 10.8. The number of esters is 1. The summed E-state index contributed by atoms with van der Waals surface area (Å²) in [7, 11) is 0. The number of aliphatic hydroxyl groups excluding tert-OH is 2. The van der Waals surface area contributed by atoms with Crippen LogP contribution in [0.15, 0.2) is 36.5 Å². The number of ether oxygens (including phenoxy) is 1. The molecule has 0 saturated carbocycles. The van der Waals surface area contributed by atoms with Crippen molar-refractivity contribution in [1.82, 2.24) is 5.32 Å². The molecule has 0 spiro atoms. The van der Waals surface area contributed by atoms with Crippen LogP contribution in [0.4, 0.5) is 0 Å². The van der Waals surface area contributed by atoms with E-state index in [9.17, 15) is 19.8 Å². The molecule has 0 aromatic carbocycles. The molecule has 6 nitrogen and oxygen atoms in total. The number of hydrogen-bond acceptors (Lipinski definition) is 5. The summed E-state index contributed by atoms with van der Waals surface area (Å²) >= 11 is 0. The second-order valence-electron chi connectivity index (χ2n) is 23.9. The molecule has 2 atom stereocenters. The Morgan fingerprint density at radius 3 is 1.01 bits per heavy atom. The minimum atomic E-state index is -0.843. The van der Waals surface area contributed by atoms with Crippen LogP contribution in [0.25, 0.3) is 0 Å². The number of nitrogens with one attached hydrogen (secondary N) is 1. The lowest BCUT2D eigenvalue weighted by molar-refractivity contribution is -0.143. The zero-order valence-electron chi connectivity index (χ0n) is 52.0. The van der Waals surface area contributed by atoms with Gasteiger partial charge in [-0.05, 0) is 64.2 Å². The first-order chi connectivity index (χ1) is 38.0. The fraction of sp³-hybridized carbons (Fsp3) is 0.887. The highest BCUT2D eigenvalue weighted by atomic mass is 16.5. The van der Waals surface area contributed by atoms with Gasteiger partial charge in [-0.1, -0.05) is 339 Å². The molecule has 0 fully saturated rings. The molecule has 0 rings (SSSR count). The minimum absolute atomic E-state index is 0.0126. The number of carbonyl (C=O) groups is 2. The van der Waals surface area contributed by atoms with E-state index in [0.717, 1.165) is 51.4 Å². The van der Waals surface area contributed by atoms with Crippen molar-refractivity contribution in [2.24, 2.45) is 0 Å². The average molecular weight is 1080 g/mol. The number of unbranched alkanes of at least 4 members (excludes halogenated alkanes) is 50. The van der Waals surface area contributed by atoms with E-state index in [1.165, 1.54) is 302 Å². The molecule has 454 valence electrons. The van der Waals surface area contributed by atoms with Crippen LogP contribution in [0.5, 0.6) is 0 Å². The molecule has 0 aliphatic heterocycles. The summed E-state index contributed by atoms with van der Waals surface area (Å²) in [4.78, 5) is 24.6. The molecule has 6 heteroatoms. The van der Waals surface area contributed by atoms with Crippen LogP contribution in [-0.4, -0.2) is 47.4 Å². The second kappa shape index (κ2) is 66.6. The van der Waals surface area contributed by atoms with Crippen LogP contribution in [0.2, 0.25) is 0 Å². The lowest BCUT2D eigenvalue weighted by atomic mass is 10.0. The van der Waals surface area contributed by atoms with Crippen molar-refractivity contribution in [2.75, 3.05) is 13.2 Å². The van der Waals surface area contributed by atoms with Gasteiger partial charge in [0, 0.05) is 12.8 Å². The minimum Gasteiger partial charge on any atom is -0.466 e. The van der Waals surface area contributed by atoms with Gasteiger partial charge in [0.1, 0.15) is 0 Å². The summed E-state index contributed by atoms with van der Waals surface area (Å²) in [6, 6.07) is -0.627. The van der Waals surface area contributed by atoms with Crippen LogP contribution in [0, 0.1) is 0 Å². The van der Waals surface area contributed by atoms with E-state index in [0.29, 0.717) is 19.4 Å². The predicted octanol–water partition coefficient (Wildman–Crippen LogP) is 22.3. The van der Waals surface area contributed by atoms with Crippen molar-refractivity contribution in [3.8, 4) is 0 Å². The summed E-state index contributed by atoms with van der Waals surface area (Å²) in [5, 5.41) is 23.2. The maximum absolute atomic E-state index is 12.5. The normalized spacial score (nSPS) is 12.7. The van der Waals surface area contributed by atoms with E-state index >= 15 is 0 Å². The molecule has 0 aromatic rings. The Bertz CT molecular complexity index is 1250. The highest BCUT2D eigenvalue weighted by Gasteiger charge is 2.18. The van der Waals surface area contributed by atoms with Crippen molar-refractivity contribution in [3.05, 3.63) is 36.5 Å². The SMILES string of the molecule is CCCCC/C=C\C/C=C\CCCCCCCCCCCC(=O)OCCCCCCCCCCCCCCCCCCCCCCCCCCCC(=O)NC(CO)C(O)/C=C/CCCCCCCCCCCCCCCC. The predicted molar refractivity (Wildman–Crippen MR) is 338 cm³/mol. The first kappa shape index (κ1) is 75.1. The molecule has 2 unspecified atom stereocenters. The van der Waals surface area contributed by atoms with Gasteiger partial charge in [0.2, 0.25) is 5.91 Å². The number of aliphatic hydroxyl groups is 2. The molecule has 0 aromatic heterocycles. The molecule has 0 aliphatic carbocycles. The first-order valence-electron chi connectivity index (χ1n) is 34.8. The number of allylic oxidation sites excluding steroid dienone is 5. The smallest absolute Gasteiger partial charge is 0.305 e. The van der Waals surface area contributed by atoms with Crippen molar-refractivity contribution < 1.29 is 24.5 Å². The van der Waals surface area contributed by atoms with Crippen LogP contribution in [0.3, 0.4) is 0 Å². The number of carbonyl (C=O) groups excluding carboxylic acids is 2. The molecule has 0 bridgehead atoms. The monoisotopic (exact) mass is 1080 g/mol. The van der Waals surface area contributed by atoms with Crippen LogP contribution in [-0.2, 0) is 14.3 Å². The van der Waals surface area contributed by atoms with E-state index in [1.54, 1.807) is 6.08 Å². The van der Waals surface area contributed by atoms with E-state index < -0.39 is 12.1 Å². The third-order valence-corrected chi connectivity index (χ3v) is 16.2. The fourth-order valence-electron chi connectivity index (χ4n) is 10.8. The zero-order valence-corrected chi connectivity index (χ0v) is 52.0. The van der Waals surface area contributed by atoms with Crippen molar-refractivity contribution in [3.63, 3.8) is 0 Å². The van der Waals surface area contributed by atoms with Crippen molar-refractivity contribution in [2.45, 2.75) is 392 Å². The lowest BCUT2D eigenvalue weighted by Gasteiger charge is -2.20. The molecule has 3 N–H and O–H groups in total. The van der Waals surface area contributed by atoms with E-state index in [1.807, 2.05) is 6.08 Å². The molecule has 0 heterocycles. The molecular weight excluding hydrogens is 947 g/mol. The maximum atomic E-state index is 12.5. The van der Waals surface area contributed by atoms with Gasteiger partial charge in [-0.3, -0.25) is 9.59 Å². The Morgan fingerprint density at radius 1 is 0.364 bits per heavy atom. The summed E-state index contributed by atoms with van der Waals surface area (Å²) in [5.74, 6) is -0.0513. The van der Waals surface area contributed by atoms with Crippen molar-refractivity contribution in [1.29, 1.82) is 0 Å². The highest BCUT2D eigenvalue weighted by Crippen LogP contribution is 2.18. The van der Waals surface area contributed by atoms with Gasteiger partial charge in [-0.25, -0.2) is 0 Å². The van der Waals surface area contributed by atoms with Gasteiger partial charge in [-0.15, -0.1) is 0 Å². The van der Waals surface area contributed by atoms with Crippen LogP contribution in [0.1, 0.15) is 380 Å².